The highest BCUT2D eigenvalue weighted by Crippen LogP contribution is 2.20. The van der Waals surface area contributed by atoms with Crippen LogP contribution < -0.4 is 5.32 Å². The Labute approximate surface area is 87.5 Å². The molecule has 0 unspecified atom stereocenters. The standard InChI is InChI=1S/C8H14N4O3/c1-3-4-11-6-10(2)7(9-5-13)8(11)12(14)15/h5H,3-4,6H2,1-2H3,(H,9,13). The van der Waals surface area contributed by atoms with Gasteiger partial charge >= 0.3 is 5.82 Å². The van der Waals surface area contributed by atoms with Crippen molar-refractivity contribution < 1.29 is 9.72 Å². The lowest BCUT2D eigenvalue weighted by Crippen LogP contribution is -2.28. The summed E-state index contributed by atoms with van der Waals surface area (Å²) in [4.78, 5) is 24.0. The van der Waals surface area contributed by atoms with Gasteiger partial charge in [0.1, 0.15) is 0 Å². The van der Waals surface area contributed by atoms with E-state index in [1.165, 1.54) is 0 Å². The van der Waals surface area contributed by atoms with E-state index < -0.39 is 4.92 Å². The second kappa shape index (κ2) is 4.63. The predicted octanol–water partition coefficient (Wildman–Crippen LogP) is -0.249. The minimum atomic E-state index is -0.467. The fourth-order valence-corrected chi connectivity index (χ4v) is 1.59. The Morgan fingerprint density at radius 3 is 2.80 bits per heavy atom. The van der Waals surface area contributed by atoms with Gasteiger partial charge in [0.2, 0.25) is 12.2 Å². The first-order chi connectivity index (χ1) is 7.11. The van der Waals surface area contributed by atoms with Crippen LogP contribution in [-0.4, -0.2) is 41.4 Å². The highest BCUT2D eigenvalue weighted by Gasteiger charge is 2.35. The number of nitrogens with one attached hydrogen (secondary N) is 1. The normalized spacial score (nSPS) is 15.9. The Kier molecular flexibility index (Phi) is 3.48. The van der Waals surface area contributed by atoms with Crippen LogP contribution >= 0.6 is 0 Å². The van der Waals surface area contributed by atoms with Gasteiger partial charge < -0.3 is 20.3 Å². The van der Waals surface area contributed by atoms with Gasteiger partial charge in [-0.2, -0.15) is 0 Å². The van der Waals surface area contributed by atoms with Gasteiger partial charge in [0.25, 0.3) is 0 Å². The minimum Gasteiger partial charge on any atom is -0.358 e. The molecule has 15 heavy (non-hydrogen) atoms. The number of carbonyl (C=O) groups excluding carboxylic acids is 1. The van der Waals surface area contributed by atoms with Crippen molar-refractivity contribution in [3.63, 3.8) is 0 Å². The molecule has 0 saturated carbocycles. The molecule has 1 amide bonds. The molecule has 1 aliphatic heterocycles. The summed E-state index contributed by atoms with van der Waals surface area (Å²) in [7, 11) is 1.70. The van der Waals surface area contributed by atoms with Crippen LogP contribution in [0.1, 0.15) is 13.3 Å². The quantitative estimate of drug-likeness (QED) is 0.388. The van der Waals surface area contributed by atoms with Crippen molar-refractivity contribution >= 4 is 6.41 Å². The summed E-state index contributed by atoms with van der Waals surface area (Å²) < 4.78 is 0. The number of hydrogen-bond donors (Lipinski definition) is 1. The maximum absolute atomic E-state index is 10.8. The van der Waals surface area contributed by atoms with Crippen LogP contribution in [0, 0.1) is 10.1 Å². The molecule has 7 nitrogen and oxygen atoms in total. The highest BCUT2D eigenvalue weighted by atomic mass is 16.6. The molecule has 0 fully saturated rings. The zero-order valence-corrected chi connectivity index (χ0v) is 8.77. The van der Waals surface area contributed by atoms with Crippen molar-refractivity contribution in [2.75, 3.05) is 20.3 Å². The molecule has 1 heterocycles. The molecular weight excluding hydrogens is 200 g/mol. The Balaban J connectivity index is 2.97. The monoisotopic (exact) mass is 214 g/mol. The lowest BCUT2D eigenvalue weighted by molar-refractivity contribution is -0.445. The SMILES string of the molecule is CCCN1CN(C)C(NC=O)=C1[N+](=O)[O-]. The minimum absolute atomic E-state index is 0.0357. The topological polar surface area (TPSA) is 78.7 Å². The van der Waals surface area contributed by atoms with E-state index in [0.29, 0.717) is 19.6 Å². The summed E-state index contributed by atoms with van der Waals surface area (Å²) in [5.41, 5.74) is 0. The van der Waals surface area contributed by atoms with Gasteiger partial charge in [-0.05, 0) is 11.3 Å². The van der Waals surface area contributed by atoms with Crippen molar-refractivity contribution in [1.82, 2.24) is 15.1 Å². The smallest absolute Gasteiger partial charge is 0.358 e. The molecule has 1 N–H and O–H groups in total. The number of hydrogen-bond acceptors (Lipinski definition) is 5. The summed E-state index contributed by atoms with van der Waals surface area (Å²) >= 11 is 0. The molecule has 0 bridgehead atoms. The average molecular weight is 214 g/mol. The van der Waals surface area contributed by atoms with Gasteiger partial charge in [-0.3, -0.25) is 4.79 Å². The number of amides is 1. The summed E-state index contributed by atoms with van der Waals surface area (Å²) in [5.74, 6) is 0.218. The molecule has 1 rings (SSSR count). The van der Waals surface area contributed by atoms with Crippen LogP contribution in [0.25, 0.3) is 0 Å². The van der Waals surface area contributed by atoms with Crippen LogP contribution in [0.4, 0.5) is 0 Å². The molecule has 0 aromatic heterocycles. The molecule has 1 aliphatic rings. The van der Waals surface area contributed by atoms with Crippen LogP contribution in [0.5, 0.6) is 0 Å². The third kappa shape index (κ3) is 2.17. The largest absolute Gasteiger partial charge is 0.360 e. The van der Waals surface area contributed by atoms with Crippen molar-refractivity contribution in [3.05, 3.63) is 21.8 Å². The predicted molar refractivity (Wildman–Crippen MR) is 52.8 cm³/mol. The molecule has 0 radical (unpaired) electrons. The Morgan fingerprint density at radius 2 is 2.33 bits per heavy atom. The second-order valence-corrected chi connectivity index (χ2v) is 3.29. The van der Waals surface area contributed by atoms with Crippen LogP contribution in [0.2, 0.25) is 0 Å². The van der Waals surface area contributed by atoms with Crippen molar-refractivity contribution in [1.29, 1.82) is 0 Å². The van der Waals surface area contributed by atoms with E-state index in [1.807, 2.05) is 6.92 Å². The van der Waals surface area contributed by atoms with Crippen molar-refractivity contribution in [3.8, 4) is 0 Å². The lowest BCUT2D eigenvalue weighted by Gasteiger charge is -2.13. The summed E-state index contributed by atoms with van der Waals surface area (Å²) in [5, 5.41) is 13.2. The summed E-state index contributed by atoms with van der Waals surface area (Å²) in [6.07, 6.45) is 1.27. The molecule has 0 atom stereocenters. The molecule has 0 spiro atoms. The third-order valence-electron chi connectivity index (χ3n) is 2.14. The van der Waals surface area contributed by atoms with Gasteiger partial charge in [0.05, 0.1) is 6.54 Å². The van der Waals surface area contributed by atoms with E-state index in [1.54, 1.807) is 16.8 Å². The zero-order valence-electron chi connectivity index (χ0n) is 8.77. The first kappa shape index (κ1) is 11.3. The first-order valence-electron chi connectivity index (χ1n) is 4.66. The Morgan fingerprint density at radius 1 is 1.67 bits per heavy atom. The summed E-state index contributed by atoms with van der Waals surface area (Å²) in [6.45, 7) is 2.98. The lowest BCUT2D eigenvalue weighted by atomic mass is 10.4. The van der Waals surface area contributed by atoms with Crippen LogP contribution in [0.3, 0.4) is 0 Å². The molecule has 0 saturated heterocycles. The van der Waals surface area contributed by atoms with E-state index >= 15 is 0 Å². The van der Waals surface area contributed by atoms with Gasteiger partial charge in [-0.25, -0.2) is 4.90 Å². The third-order valence-corrected chi connectivity index (χ3v) is 2.14. The van der Waals surface area contributed by atoms with Crippen LogP contribution in [-0.2, 0) is 4.79 Å². The second-order valence-electron chi connectivity index (χ2n) is 3.29. The molecule has 0 aromatic carbocycles. The number of nitro groups is 1. The number of rotatable bonds is 5. The van der Waals surface area contributed by atoms with Crippen molar-refractivity contribution in [2.45, 2.75) is 13.3 Å². The summed E-state index contributed by atoms with van der Waals surface area (Å²) in [6, 6.07) is 0. The van der Waals surface area contributed by atoms with E-state index in [-0.39, 0.29) is 11.6 Å². The Hall–Kier alpha value is -1.79. The molecule has 7 heteroatoms. The Bertz CT molecular complexity index is 302. The fourth-order valence-electron chi connectivity index (χ4n) is 1.59. The average Bonchev–Trinajstić information content (AvgIpc) is 2.44. The molecular formula is C8H14N4O3. The molecule has 84 valence electrons. The maximum atomic E-state index is 10.8. The van der Waals surface area contributed by atoms with E-state index in [4.69, 9.17) is 0 Å². The van der Waals surface area contributed by atoms with E-state index in [0.717, 1.165) is 6.42 Å². The van der Waals surface area contributed by atoms with Gasteiger partial charge in [-0.15, -0.1) is 0 Å². The fraction of sp³-hybridized carbons (Fsp3) is 0.625. The van der Waals surface area contributed by atoms with E-state index in [9.17, 15) is 14.9 Å². The maximum Gasteiger partial charge on any atom is 0.360 e. The van der Waals surface area contributed by atoms with Gasteiger partial charge in [0, 0.05) is 7.05 Å². The van der Waals surface area contributed by atoms with Gasteiger partial charge in [0.15, 0.2) is 6.67 Å². The number of nitrogens with zero attached hydrogens (tertiary/aromatic N) is 3. The zero-order chi connectivity index (χ0) is 11.4. The van der Waals surface area contributed by atoms with E-state index in [2.05, 4.69) is 5.32 Å². The number of carbonyl (C=O) groups is 1. The first-order valence-corrected chi connectivity index (χ1v) is 4.66. The van der Waals surface area contributed by atoms with Crippen LogP contribution in [0.15, 0.2) is 11.6 Å². The van der Waals surface area contributed by atoms with Crippen molar-refractivity contribution in [2.24, 2.45) is 0 Å². The molecule has 0 aromatic rings. The highest BCUT2D eigenvalue weighted by molar-refractivity contribution is 5.50. The van der Waals surface area contributed by atoms with Gasteiger partial charge in [-0.1, -0.05) is 6.92 Å². The molecule has 0 aliphatic carbocycles.